The van der Waals surface area contributed by atoms with E-state index in [1.807, 2.05) is 0 Å². The maximum absolute atomic E-state index is 10.5. The molecule has 21 heteroatoms. The van der Waals surface area contributed by atoms with E-state index in [0.29, 0.717) is 6.79 Å². The van der Waals surface area contributed by atoms with Crippen LogP contribution in [0, 0.1) is 0 Å². The highest BCUT2D eigenvalue weighted by Crippen LogP contribution is 1.82. The van der Waals surface area contributed by atoms with Crippen molar-refractivity contribution in [3.63, 3.8) is 0 Å². The second-order valence-electron chi connectivity index (χ2n) is 6.84. The molecule has 0 heterocycles. The normalized spacial score (nSPS) is 9.46. The van der Waals surface area contributed by atoms with Crippen LogP contribution in [-0.2, 0) is 90.4 Å². The average molecular weight is 707 g/mol. The van der Waals surface area contributed by atoms with Gasteiger partial charge in [-0.15, -0.1) is 0 Å². The first-order valence-corrected chi connectivity index (χ1v) is 14.0. The van der Waals surface area contributed by atoms with Gasteiger partial charge in [0.1, 0.15) is 13.4 Å². The number of esters is 5. The van der Waals surface area contributed by atoms with Crippen molar-refractivity contribution in [2.75, 3.05) is 118 Å². The van der Waals surface area contributed by atoms with Crippen LogP contribution in [0.4, 0.5) is 0 Å². The lowest BCUT2D eigenvalue weighted by molar-refractivity contribution is -0.159. The third kappa shape index (κ3) is 97.0. The Kier molecular flexibility index (Phi) is 62.2. The number of carbonyl (C=O) groups is 5. The number of methoxy groups -OCH3 is 9. The van der Waals surface area contributed by atoms with Crippen molar-refractivity contribution in [2.45, 2.75) is 20.1 Å². The Hall–Kier alpha value is -3.02. The van der Waals surface area contributed by atoms with Crippen LogP contribution in [0.2, 0.25) is 0 Å². The Labute approximate surface area is 271 Å². The van der Waals surface area contributed by atoms with Crippen molar-refractivity contribution in [1.29, 1.82) is 0 Å². The van der Waals surface area contributed by atoms with Crippen molar-refractivity contribution in [2.24, 2.45) is 0 Å². The number of ether oxygens (including phenoxy) is 11. The van der Waals surface area contributed by atoms with Crippen LogP contribution in [0.3, 0.4) is 0 Å². The van der Waals surface area contributed by atoms with Crippen LogP contribution in [-0.4, -0.2) is 167 Å². The highest BCUT2D eigenvalue weighted by molar-refractivity contribution is 7.85. The van der Waals surface area contributed by atoms with Crippen molar-refractivity contribution in [3.8, 4) is 0 Å². The van der Waals surface area contributed by atoms with E-state index >= 15 is 0 Å². The number of aliphatic hydroxyl groups is 1. The molecule has 0 bridgehead atoms. The number of hydrogen-bond acceptors (Lipinski definition) is 20. The van der Waals surface area contributed by atoms with Crippen LogP contribution >= 0.6 is 0 Å². The van der Waals surface area contributed by atoms with Crippen molar-refractivity contribution in [1.82, 2.24) is 0 Å². The van der Waals surface area contributed by atoms with Crippen LogP contribution in [0.15, 0.2) is 0 Å². The minimum absolute atomic E-state index is 0.156. The molecular formula is C25H54O20S. The first kappa shape index (κ1) is 58.5. The van der Waals surface area contributed by atoms with Gasteiger partial charge in [0.2, 0.25) is 0 Å². The third-order valence-electron chi connectivity index (χ3n) is 2.87. The van der Waals surface area contributed by atoms with Gasteiger partial charge in [-0.2, -0.15) is 8.42 Å². The van der Waals surface area contributed by atoms with E-state index in [2.05, 4.69) is 56.3 Å². The maximum Gasteiger partial charge on any atom is 0.344 e. The van der Waals surface area contributed by atoms with Gasteiger partial charge in [0.05, 0.1) is 41.3 Å². The lowest BCUT2D eigenvalue weighted by atomic mass is 10.7. The molecule has 0 amide bonds. The van der Waals surface area contributed by atoms with Crippen LogP contribution < -0.4 is 0 Å². The van der Waals surface area contributed by atoms with Crippen molar-refractivity contribution in [3.05, 3.63) is 0 Å². The van der Waals surface area contributed by atoms with Crippen molar-refractivity contribution < 1.29 is 93.8 Å². The van der Waals surface area contributed by atoms with Crippen molar-refractivity contribution >= 4 is 40.0 Å². The van der Waals surface area contributed by atoms with Gasteiger partial charge in [-0.05, 0) is 0 Å². The fourth-order valence-corrected chi connectivity index (χ4v) is 0.906. The SMILES string of the molecule is COC.COC(=O)COC(C)=O.COC(C)=O.COCC(=O)OCC(=O)OC.COCC(O)OC.COCOC.COS(C)(=O)=O. The molecule has 0 saturated carbocycles. The zero-order chi connectivity index (χ0) is 38.0. The average Bonchev–Trinajstić information content (AvgIpc) is 3.00. The van der Waals surface area contributed by atoms with Gasteiger partial charge in [0.15, 0.2) is 19.5 Å². The zero-order valence-electron chi connectivity index (χ0n) is 29.2. The highest BCUT2D eigenvalue weighted by Gasteiger charge is 2.05. The van der Waals surface area contributed by atoms with Gasteiger partial charge in [0.25, 0.3) is 10.1 Å². The Morgan fingerprint density at radius 1 is 0.587 bits per heavy atom. The minimum Gasteiger partial charge on any atom is -0.469 e. The van der Waals surface area contributed by atoms with Gasteiger partial charge in [-0.25, -0.2) is 14.4 Å². The molecule has 46 heavy (non-hydrogen) atoms. The summed E-state index contributed by atoms with van der Waals surface area (Å²) in [6, 6.07) is 0. The molecule has 0 aromatic heterocycles. The molecule has 1 atom stereocenters. The first-order chi connectivity index (χ1) is 21.3. The maximum atomic E-state index is 10.5. The molecule has 0 aliphatic carbocycles. The molecule has 0 aromatic carbocycles. The second kappa shape index (κ2) is 48.9. The summed E-state index contributed by atoms with van der Waals surface area (Å²) >= 11 is 0. The number of carbonyl (C=O) groups excluding carboxylic acids is 5. The smallest absolute Gasteiger partial charge is 0.344 e. The van der Waals surface area contributed by atoms with E-state index in [-0.39, 0.29) is 32.4 Å². The summed E-state index contributed by atoms with van der Waals surface area (Å²) in [5.41, 5.74) is 0. The Balaban J connectivity index is -0.0000000797. The summed E-state index contributed by atoms with van der Waals surface area (Å²) in [5.74, 6) is -2.46. The fourth-order valence-electron chi connectivity index (χ4n) is 0.906. The quantitative estimate of drug-likeness (QED) is 0.110. The Bertz CT molecular complexity index is 786. The summed E-state index contributed by atoms with van der Waals surface area (Å²) in [5, 5.41) is 8.51. The largest absolute Gasteiger partial charge is 0.469 e. The van der Waals surface area contributed by atoms with E-state index < -0.39 is 40.3 Å². The monoisotopic (exact) mass is 706 g/mol. The molecule has 0 aromatic rings. The van der Waals surface area contributed by atoms with E-state index in [4.69, 9.17) is 5.11 Å². The van der Waals surface area contributed by atoms with E-state index in [1.54, 1.807) is 28.4 Å². The Morgan fingerprint density at radius 2 is 0.957 bits per heavy atom. The zero-order valence-corrected chi connectivity index (χ0v) is 30.0. The molecular weight excluding hydrogens is 652 g/mol. The fraction of sp³-hybridized carbons (Fsp3) is 0.800. The summed E-state index contributed by atoms with van der Waals surface area (Å²) in [7, 11) is 12.5. The van der Waals surface area contributed by atoms with Crippen LogP contribution in [0.5, 0.6) is 0 Å². The van der Waals surface area contributed by atoms with E-state index in [0.717, 1.165) is 13.4 Å². The molecule has 0 aliphatic heterocycles. The lowest BCUT2D eigenvalue weighted by Crippen LogP contribution is -2.17. The molecule has 0 rings (SSSR count). The number of rotatable bonds is 12. The van der Waals surface area contributed by atoms with E-state index in [9.17, 15) is 32.4 Å². The van der Waals surface area contributed by atoms with Gasteiger partial charge in [-0.1, -0.05) is 0 Å². The first-order valence-electron chi connectivity index (χ1n) is 12.1. The predicted molar refractivity (Wildman–Crippen MR) is 160 cm³/mol. The molecule has 0 aliphatic rings. The van der Waals surface area contributed by atoms with Gasteiger partial charge in [0, 0.05) is 63.6 Å². The summed E-state index contributed by atoms with van der Waals surface area (Å²) in [6.07, 6.45) is 0.220. The highest BCUT2D eigenvalue weighted by atomic mass is 32.2. The van der Waals surface area contributed by atoms with Gasteiger partial charge < -0.3 is 57.2 Å². The standard InChI is InChI=1S/C6H10O5.C5H8O4.C4H10O3.C3H8O2.C3H6O2.C2H6O3S.C2H6O/c1-9-3-6(8)11-4-5(7)10-2;1-4(6)9-3-5(7)8-2;1-6-3-4(5)7-2;1-4-3-5-2;1-3(4)5-2;1-5-6(2,3)4;1-3-2/h3-4H2,1-2H3;3H2,1-2H3;4-5H,3H2,1-2H3;3H2,1-2H3;1-2H3;1-2H3;1-2H3. The predicted octanol–water partition coefficient (Wildman–Crippen LogP) is -1.06. The van der Waals surface area contributed by atoms with Crippen LogP contribution in [0.1, 0.15) is 13.8 Å². The number of hydrogen-bond donors (Lipinski definition) is 1. The van der Waals surface area contributed by atoms with Gasteiger partial charge >= 0.3 is 29.8 Å². The molecule has 280 valence electrons. The van der Waals surface area contributed by atoms with Crippen LogP contribution in [0.25, 0.3) is 0 Å². The third-order valence-corrected chi connectivity index (χ3v) is 3.47. The van der Waals surface area contributed by atoms with E-state index in [1.165, 1.54) is 56.5 Å². The molecule has 0 saturated heterocycles. The molecule has 20 nitrogen and oxygen atoms in total. The minimum atomic E-state index is -3.16. The molecule has 1 N–H and O–H groups in total. The lowest BCUT2D eigenvalue weighted by Gasteiger charge is -2.03. The molecule has 0 radical (unpaired) electrons. The summed E-state index contributed by atoms with van der Waals surface area (Å²) < 4.78 is 71.2. The molecule has 1 unspecified atom stereocenters. The summed E-state index contributed by atoms with van der Waals surface area (Å²) in [6.45, 7) is 2.39. The summed E-state index contributed by atoms with van der Waals surface area (Å²) in [4.78, 5) is 50.7. The molecule has 0 fully saturated rings. The number of aliphatic hydroxyl groups excluding tert-OH is 1. The molecule has 0 spiro atoms. The Morgan fingerprint density at radius 3 is 1.13 bits per heavy atom. The topological polar surface area (TPSA) is 250 Å². The second-order valence-corrected chi connectivity index (χ2v) is 8.58. The van der Waals surface area contributed by atoms with Gasteiger partial charge in [-0.3, -0.25) is 13.8 Å².